The van der Waals surface area contributed by atoms with Crippen molar-refractivity contribution in [1.29, 1.82) is 0 Å². The summed E-state index contributed by atoms with van der Waals surface area (Å²) in [5, 5.41) is 15.6. The number of hydrogen-bond acceptors (Lipinski definition) is 8. The molecule has 1 saturated heterocycles. The normalized spacial score (nSPS) is 14.9. The van der Waals surface area contributed by atoms with Crippen LogP contribution in [0.25, 0.3) is 0 Å². The van der Waals surface area contributed by atoms with E-state index in [1.165, 1.54) is 18.1 Å². The first-order chi connectivity index (χ1) is 13.1. The van der Waals surface area contributed by atoms with Crippen LogP contribution >= 0.6 is 23.4 Å². The molecule has 0 atom stereocenters. The summed E-state index contributed by atoms with van der Waals surface area (Å²) >= 11 is 7.10. The zero-order valence-corrected chi connectivity index (χ0v) is 16.2. The number of nitrogens with one attached hydrogen (secondary N) is 1. The van der Waals surface area contributed by atoms with Crippen LogP contribution in [0.15, 0.2) is 40.5 Å². The molecule has 0 amide bonds. The predicted molar refractivity (Wildman–Crippen MR) is 105 cm³/mol. The summed E-state index contributed by atoms with van der Waals surface area (Å²) in [6, 6.07) is 7.08. The zero-order valence-electron chi connectivity index (χ0n) is 14.6. The molecule has 3 rings (SSSR count). The van der Waals surface area contributed by atoms with Gasteiger partial charge in [0.05, 0.1) is 18.1 Å². The number of nitrogens with zero attached hydrogens (tertiary/aromatic N) is 4. The summed E-state index contributed by atoms with van der Waals surface area (Å²) in [5.74, 6) is 0.244. The first-order valence-electron chi connectivity index (χ1n) is 8.60. The zero-order chi connectivity index (χ0) is 19.1. The number of morpholine rings is 1. The fraction of sp³-hybridized carbons (Fsp3) is 0.412. The number of aromatic nitrogens is 2. The molecule has 144 valence electrons. The van der Waals surface area contributed by atoms with Crippen molar-refractivity contribution < 1.29 is 9.66 Å². The van der Waals surface area contributed by atoms with E-state index in [-0.39, 0.29) is 11.5 Å². The second kappa shape index (κ2) is 9.84. The highest BCUT2D eigenvalue weighted by atomic mass is 35.5. The molecule has 0 unspecified atom stereocenters. The third-order valence-corrected chi connectivity index (χ3v) is 5.30. The lowest BCUT2D eigenvalue weighted by Gasteiger charge is -2.26. The molecule has 0 bridgehead atoms. The summed E-state index contributed by atoms with van der Waals surface area (Å²) < 4.78 is 5.33. The van der Waals surface area contributed by atoms with Gasteiger partial charge < -0.3 is 10.1 Å². The van der Waals surface area contributed by atoms with Crippen LogP contribution in [-0.4, -0.2) is 59.2 Å². The SMILES string of the molecule is O=[N+]([O-])c1c(NCCCN2CCOCC2)ncnc1Sc1ccc(Cl)cc1. The van der Waals surface area contributed by atoms with Gasteiger partial charge in [-0.1, -0.05) is 23.4 Å². The van der Waals surface area contributed by atoms with Crippen molar-refractivity contribution in [1.82, 2.24) is 14.9 Å². The Hall–Kier alpha value is -1.94. The van der Waals surface area contributed by atoms with Gasteiger partial charge in [-0.15, -0.1) is 0 Å². The van der Waals surface area contributed by atoms with Crippen molar-refractivity contribution in [2.45, 2.75) is 16.3 Å². The van der Waals surface area contributed by atoms with E-state index in [9.17, 15) is 10.1 Å². The molecule has 1 aliphatic heterocycles. The standard InChI is InChI=1S/C17H20ClN5O3S/c18-13-2-4-14(5-3-13)27-17-15(23(24)25)16(20-12-21-17)19-6-1-7-22-8-10-26-11-9-22/h2-5,12H,1,6-11H2,(H,19,20,21). The Bertz CT molecular complexity index is 772. The highest BCUT2D eigenvalue weighted by Crippen LogP contribution is 2.36. The quantitative estimate of drug-likeness (QED) is 0.307. The maximum atomic E-state index is 11.6. The molecule has 27 heavy (non-hydrogen) atoms. The molecular weight excluding hydrogens is 390 g/mol. The van der Waals surface area contributed by atoms with Crippen LogP contribution in [0.4, 0.5) is 11.5 Å². The number of hydrogen-bond donors (Lipinski definition) is 1. The second-order valence-electron chi connectivity index (χ2n) is 5.92. The van der Waals surface area contributed by atoms with Gasteiger partial charge in [-0.25, -0.2) is 9.97 Å². The van der Waals surface area contributed by atoms with Crippen molar-refractivity contribution in [3.63, 3.8) is 0 Å². The lowest BCUT2D eigenvalue weighted by molar-refractivity contribution is -0.387. The molecule has 0 spiro atoms. The Balaban J connectivity index is 1.63. The molecule has 2 aromatic rings. The summed E-state index contributed by atoms with van der Waals surface area (Å²) in [7, 11) is 0. The minimum Gasteiger partial charge on any atom is -0.379 e. The van der Waals surface area contributed by atoms with Crippen molar-refractivity contribution >= 4 is 34.9 Å². The number of nitro groups is 1. The highest BCUT2D eigenvalue weighted by Gasteiger charge is 2.23. The summed E-state index contributed by atoms with van der Waals surface area (Å²) in [6.45, 7) is 4.89. The number of rotatable bonds is 8. The molecule has 1 aromatic heterocycles. The second-order valence-corrected chi connectivity index (χ2v) is 7.42. The minimum absolute atomic E-state index is 0.108. The average molecular weight is 410 g/mol. The minimum atomic E-state index is -0.442. The number of anilines is 1. The lowest BCUT2D eigenvalue weighted by Crippen LogP contribution is -2.37. The van der Waals surface area contributed by atoms with Gasteiger partial charge in [0.2, 0.25) is 5.82 Å². The van der Waals surface area contributed by atoms with Crippen molar-refractivity contribution in [2.75, 3.05) is 44.7 Å². The largest absolute Gasteiger partial charge is 0.379 e. The van der Waals surface area contributed by atoms with Crippen LogP contribution in [-0.2, 0) is 4.74 Å². The number of ether oxygens (including phenoxy) is 1. The van der Waals surface area contributed by atoms with E-state index >= 15 is 0 Å². The Kier molecular flexibility index (Phi) is 7.22. The first-order valence-corrected chi connectivity index (χ1v) is 9.80. The van der Waals surface area contributed by atoms with Gasteiger partial charge >= 0.3 is 5.69 Å². The fourth-order valence-electron chi connectivity index (χ4n) is 2.68. The molecule has 0 saturated carbocycles. The summed E-state index contributed by atoms with van der Waals surface area (Å²) in [6.07, 6.45) is 2.20. The third kappa shape index (κ3) is 5.77. The molecule has 10 heteroatoms. The Morgan fingerprint density at radius 3 is 2.70 bits per heavy atom. The van der Waals surface area contributed by atoms with Gasteiger partial charge in [0, 0.05) is 29.6 Å². The van der Waals surface area contributed by atoms with Gasteiger partial charge in [-0.2, -0.15) is 0 Å². The molecule has 1 N–H and O–H groups in total. The summed E-state index contributed by atoms with van der Waals surface area (Å²) in [4.78, 5) is 22.5. The third-order valence-electron chi connectivity index (χ3n) is 4.05. The van der Waals surface area contributed by atoms with Crippen LogP contribution < -0.4 is 5.32 Å². The molecule has 1 aliphatic rings. The van der Waals surface area contributed by atoms with Gasteiger partial charge in [0.25, 0.3) is 0 Å². The number of benzene rings is 1. The Morgan fingerprint density at radius 1 is 1.26 bits per heavy atom. The van der Waals surface area contributed by atoms with E-state index in [2.05, 4.69) is 20.2 Å². The van der Waals surface area contributed by atoms with Crippen LogP contribution in [0, 0.1) is 10.1 Å². The lowest BCUT2D eigenvalue weighted by atomic mass is 10.3. The van der Waals surface area contributed by atoms with Crippen LogP contribution in [0.2, 0.25) is 5.02 Å². The Labute approximate surface area is 166 Å². The monoisotopic (exact) mass is 409 g/mol. The van der Waals surface area contributed by atoms with Crippen molar-refractivity contribution in [3.05, 3.63) is 45.7 Å². The molecule has 1 aromatic carbocycles. The molecular formula is C17H20ClN5O3S. The van der Waals surface area contributed by atoms with Gasteiger partial charge in [0.1, 0.15) is 6.33 Å². The van der Waals surface area contributed by atoms with E-state index < -0.39 is 4.92 Å². The first kappa shape index (κ1) is 19.8. The Morgan fingerprint density at radius 2 is 2.00 bits per heavy atom. The topological polar surface area (TPSA) is 93.4 Å². The van der Waals surface area contributed by atoms with E-state index in [0.29, 0.717) is 16.6 Å². The van der Waals surface area contributed by atoms with Gasteiger partial charge in [0.15, 0.2) is 5.03 Å². The van der Waals surface area contributed by atoms with Gasteiger partial charge in [-0.05, 0) is 37.2 Å². The van der Waals surface area contributed by atoms with Gasteiger partial charge in [-0.3, -0.25) is 15.0 Å². The molecule has 1 fully saturated rings. The fourth-order valence-corrected chi connectivity index (χ4v) is 3.67. The van der Waals surface area contributed by atoms with Crippen molar-refractivity contribution in [2.24, 2.45) is 0 Å². The molecule has 0 aliphatic carbocycles. The molecule has 8 nitrogen and oxygen atoms in total. The van der Waals surface area contributed by atoms with E-state index in [1.54, 1.807) is 24.3 Å². The molecule has 2 heterocycles. The smallest absolute Gasteiger partial charge is 0.343 e. The highest BCUT2D eigenvalue weighted by molar-refractivity contribution is 7.99. The molecule has 0 radical (unpaired) electrons. The van der Waals surface area contributed by atoms with Crippen LogP contribution in [0.1, 0.15) is 6.42 Å². The van der Waals surface area contributed by atoms with Crippen LogP contribution in [0.5, 0.6) is 0 Å². The van der Waals surface area contributed by atoms with E-state index in [1.807, 2.05) is 0 Å². The number of halogens is 1. The van der Waals surface area contributed by atoms with Crippen molar-refractivity contribution in [3.8, 4) is 0 Å². The summed E-state index contributed by atoms with van der Waals surface area (Å²) in [5.41, 5.74) is -0.108. The van der Waals surface area contributed by atoms with E-state index in [4.69, 9.17) is 16.3 Å². The predicted octanol–water partition coefficient (Wildman–Crippen LogP) is 3.32. The maximum absolute atomic E-state index is 11.6. The maximum Gasteiger partial charge on any atom is 0.343 e. The van der Waals surface area contributed by atoms with Crippen LogP contribution in [0.3, 0.4) is 0 Å². The average Bonchev–Trinajstić information content (AvgIpc) is 2.68. The van der Waals surface area contributed by atoms with E-state index in [0.717, 1.165) is 44.2 Å².